The lowest BCUT2D eigenvalue weighted by molar-refractivity contribution is 0.247. The zero-order valence-corrected chi connectivity index (χ0v) is 13.2. The Labute approximate surface area is 140 Å². The summed E-state index contributed by atoms with van der Waals surface area (Å²) in [6.45, 7) is 1.84. The molecule has 3 aromatic rings. The molecule has 0 spiro atoms. The fourth-order valence-corrected chi connectivity index (χ4v) is 2.72. The van der Waals surface area contributed by atoms with Crippen molar-refractivity contribution in [2.24, 2.45) is 0 Å². The number of pyridine rings is 1. The van der Waals surface area contributed by atoms with Gasteiger partial charge in [-0.25, -0.2) is 8.78 Å². The van der Waals surface area contributed by atoms with Gasteiger partial charge >= 0.3 is 0 Å². The summed E-state index contributed by atoms with van der Waals surface area (Å²) in [6, 6.07) is 17.6. The van der Waals surface area contributed by atoms with Gasteiger partial charge in [0.15, 0.2) is 0 Å². The molecule has 3 rings (SSSR count). The van der Waals surface area contributed by atoms with E-state index >= 15 is 0 Å². The zero-order chi connectivity index (χ0) is 16.8. The number of halogens is 2. The molecule has 0 saturated heterocycles. The Morgan fingerprint density at radius 1 is 0.667 bits per heavy atom. The number of hydrogen-bond acceptors (Lipinski definition) is 2. The van der Waals surface area contributed by atoms with Crippen LogP contribution in [-0.4, -0.2) is 9.88 Å². The van der Waals surface area contributed by atoms with Gasteiger partial charge in [-0.15, -0.1) is 0 Å². The predicted octanol–water partition coefficient (Wildman–Crippen LogP) is 4.56. The molecule has 1 heterocycles. The number of rotatable bonds is 6. The van der Waals surface area contributed by atoms with Gasteiger partial charge in [-0.1, -0.05) is 30.3 Å². The Hall–Kier alpha value is -2.59. The van der Waals surface area contributed by atoms with E-state index < -0.39 is 11.6 Å². The van der Waals surface area contributed by atoms with E-state index in [1.807, 2.05) is 42.5 Å². The first kappa shape index (κ1) is 16.3. The average Bonchev–Trinajstić information content (AvgIpc) is 2.55. The maximum absolute atomic E-state index is 13.5. The normalized spacial score (nSPS) is 11.0. The fraction of sp³-hybridized carbons (Fsp3) is 0.150. The minimum Gasteiger partial charge on any atom is -0.291 e. The van der Waals surface area contributed by atoms with E-state index in [1.165, 1.54) is 12.1 Å². The second-order valence-electron chi connectivity index (χ2n) is 5.76. The van der Waals surface area contributed by atoms with Gasteiger partial charge in [0.2, 0.25) is 0 Å². The molecule has 0 aliphatic rings. The van der Waals surface area contributed by atoms with Crippen molar-refractivity contribution in [1.82, 2.24) is 9.88 Å². The predicted molar refractivity (Wildman–Crippen MR) is 90.0 cm³/mol. The van der Waals surface area contributed by atoms with Crippen molar-refractivity contribution in [3.8, 4) is 0 Å². The summed E-state index contributed by atoms with van der Waals surface area (Å²) in [4.78, 5) is 6.18. The number of aromatic nitrogens is 1. The SMILES string of the molecule is Fc1cc(F)cc(CN(Cc2ccccc2)Cc2ccncc2)c1. The van der Waals surface area contributed by atoms with Gasteiger partial charge < -0.3 is 0 Å². The first-order valence-electron chi connectivity index (χ1n) is 7.79. The van der Waals surface area contributed by atoms with E-state index in [4.69, 9.17) is 0 Å². The van der Waals surface area contributed by atoms with Gasteiger partial charge in [-0.3, -0.25) is 9.88 Å². The van der Waals surface area contributed by atoms with Crippen LogP contribution in [0.1, 0.15) is 16.7 Å². The van der Waals surface area contributed by atoms with Gasteiger partial charge in [0.05, 0.1) is 0 Å². The van der Waals surface area contributed by atoms with Crippen LogP contribution in [0.4, 0.5) is 8.78 Å². The summed E-state index contributed by atoms with van der Waals surface area (Å²) in [5.74, 6) is -1.10. The molecular weight excluding hydrogens is 306 g/mol. The van der Waals surface area contributed by atoms with Gasteiger partial charge in [0.1, 0.15) is 11.6 Å². The molecule has 4 heteroatoms. The number of benzene rings is 2. The molecule has 0 atom stereocenters. The van der Waals surface area contributed by atoms with Crippen LogP contribution in [0, 0.1) is 11.6 Å². The first-order chi connectivity index (χ1) is 11.7. The number of nitrogens with zero attached hydrogens (tertiary/aromatic N) is 2. The summed E-state index contributed by atoms with van der Waals surface area (Å²) in [7, 11) is 0. The van der Waals surface area contributed by atoms with Crippen molar-refractivity contribution in [3.63, 3.8) is 0 Å². The Kier molecular flexibility index (Phi) is 5.29. The third-order valence-electron chi connectivity index (χ3n) is 3.73. The van der Waals surface area contributed by atoms with Crippen LogP contribution in [0.15, 0.2) is 73.1 Å². The fourth-order valence-electron chi connectivity index (χ4n) is 2.72. The molecule has 0 fully saturated rings. The van der Waals surface area contributed by atoms with Gasteiger partial charge in [-0.05, 0) is 41.0 Å². The van der Waals surface area contributed by atoms with Crippen molar-refractivity contribution in [1.29, 1.82) is 0 Å². The summed E-state index contributed by atoms with van der Waals surface area (Å²) in [6.07, 6.45) is 3.50. The Morgan fingerprint density at radius 2 is 1.21 bits per heavy atom. The van der Waals surface area contributed by atoms with Gasteiger partial charge in [0, 0.05) is 38.1 Å². The summed E-state index contributed by atoms with van der Waals surface area (Å²) >= 11 is 0. The zero-order valence-electron chi connectivity index (χ0n) is 13.2. The van der Waals surface area contributed by atoms with E-state index in [-0.39, 0.29) is 0 Å². The van der Waals surface area contributed by atoms with Crippen molar-refractivity contribution >= 4 is 0 Å². The van der Waals surface area contributed by atoms with Gasteiger partial charge in [-0.2, -0.15) is 0 Å². The monoisotopic (exact) mass is 324 g/mol. The molecule has 0 amide bonds. The van der Waals surface area contributed by atoms with Crippen LogP contribution in [0.5, 0.6) is 0 Å². The maximum atomic E-state index is 13.5. The van der Waals surface area contributed by atoms with E-state index in [9.17, 15) is 8.78 Å². The first-order valence-corrected chi connectivity index (χ1v) is 7.79. The molecule has 2 aromatic carbocycles. The lowest BCUT2D eigenvalue weighted by Crippen LogP contribution is -2.22. The third kappa shape index (κ3) is 4.70. The smallest absolute Gasteiger partial charge is 0.126 e. The van der Waals surface area contributed by atoms with Crippen LogP contribution in [0.3, 0.4) is 0 Å². The minimum atomic E-state index is -0.548. The van der Waals surface area contributed by atoms with E-state index in [1.54, 1.807) is 12.4 Å². The Balaban J connectivity index is 1.80. The number of hydrogen-bond donors (Lipinski definition) is 0. The second-order valence-corrected chi connectivity index (χ2v) is 5.76. The second kappa shape index (κ2) is 7.79. The largest absolute Gasteiger partial charge is 0.291 e. The molecule has 0 saturated carbocycles. The highest BCUT2D eigenvalue weighted by Crippen LogP contribution is 2.16. The van der Waals surface area contributed by atoms with Crippen LogP contribution >= 0.6 is 0 Å². The minimum absolute atomic E-state index is 0.464. The lowest BCUT2D eigenvalue weighted by Gasteiger charge is -2.23. The van der Waals surface area contributed by atoms with Crippen LogP contribution in [0.2, 0.25) is 0 Å². The highest BCUT2D eigenvalue weighted by atomic mass is 19.1. The van der Waals surface area contributed by atoms with Crippen molar-refractivity contribution in [3.05, 3.63) is 101 Å². The molecule has 24 heavy (non-hydrogen) atoms. The molecule has 0 aliphatic carbocycles. The quantitative estimate of drug-likeness (QED) is 0.661. The Morgan fingerprint density at radius 3 is 1.83 bits per heavy atom. The standard InChI is InChI=1S/C20H18F2N2/c21-19-10-18(11-20(22)12-19)15-24(13-16-4-2-1-3-5-16)14-17-6-8-23-9-7-17/h1-12H,13-15H2. The molecule has 0 bridgehead atoms. The van der Waals surface area contributed by atoms with E-state index in [0.29, 0.717) is 25.2 Å². The van der Waals surface area contributed by atoms with Crippen molar-refractivity contribution in [2.75, 3.05) is 0 Å². The van der Waals surface area contributed by atoms with E-state index in [2.05, 4.69) is 9.88 Å². The summed E-state index contributed by atoms with van der Waals surface area (Å²) in [5, 5.41) is 0. The summed E-state index contributed by atoms with van der Waals surface area (Å²) in [5.41, 5.74) is 2.89. The topological polar surface area (TPSA) is 16.1 Å². The molecule has 0 unspecified atom stereocenters. The highest BCUT2D eigenvalue weighted by molar-refractivity contribution is 5.20. The summed E-state index contributed by atoms with van der Waals surface area (Å²) < 4.78 is 26.9. The van der Waals surface area contributed by atoms with Crippen LogP contribution < -0.4 is 0 Å². The van der Waals surface area contributed by atoms with Crippen LogP contribution in [-0.2, 0) is 19.6 Å². The van der Waals surface area contributed by atoms with Crippen LogP contribution in [0.25, 0.3) is 0 Å². The van der Waals surface area contributed by atoms with E-state index in [0.717, 1.165) is 17.2 Å². The molecular formula is C20H18F2N2. The van der Waals surface area contributed by atoms with Gasteiger partial charge in [0.25, 0.3) is 0 Å². The average molecular weight is 324 g/mol. The molecule has 2 nitrogen and oxygen atoms in total. The molecule has 0 N–H and O–H groups in total. The molecule has 122 valence electrons. The Bertz CT molecular complexity index is 714. The van der Waals surface area contributed by atoms with Crippen molar-refractivity contribution in [2.45, 2.75) is 19.6 Å². The van der Waals surface area contributed by atoms with Crippen molar-refractivity contribution < 1.29 is 8.78 Å². The highest BCUT2D eigenvalue weighted by Gasteiger charge is 2.10. The third-order valence-corrected chi connectivity index (χ3v) is 3.73. The maximum Gasteiger partial charge on any atom is 0.126 e. The molecule has 0 aliphatic heterocycles. The molecule has 1 aromatic heterocycles. The molecule has 0 radical (unpaired) electrons. The lowest BCUT2D eigenvalue weighted by atomic mass is 10.1.